The molecule has 1 heterocycles. The van der Waals surface area contributed by atoms with Crippen LogP contribution < -0.4 is 4.31 Å². The summed E-state index contributed by atoms with van der Waals surface area (Å²) in [4.78, 5) is 14.3. The average molecular weight is 389 g/mol. The topological polar surface area (TPSA) is 57.7 Å². The molecule has 0 spiro atoms. The van der Waals surface area contributed by atoms with Crippen LogP contribution in [0.4, 0.5) is 5.69 Å². The number of hydrogen-bond acceptors (Lipinski definition) is 3. The Balaban J connectivity index is 2.21. The van der Waals surface area contributed by atoms with Crippen LogP contribution in [-0.2, 0) is 14.8 Å². The fourth-order valence-corrected chi connectivity index (χ4v) is 4.15. The highest BCUT2D eigenvalue weighted by molar-refractivity contribution is 9.10. The first kappa shape index (κ1) is 17.3. The summed E-state index contributed by atoms with van der Waals surface area (Å²) >= 11 is 3.35. The van der Waals surface area contributed by atoms with Crippen LogP contribution in [0.15, 0.2) is 28.7 Å². The molecule has 1 amide bonds. The van der Waals surface area contributed by atoms with Gasteiger partial charge in [-0.3, -0.25) is 9.10 Å². The Bertz CT molecular complexity index is 648. The van der Waals surface area contributed by atoms with Gasteiger partial charge in [-0.25, -0.2) is 8.42 Å². The van der Waals surface area contributed by atoms with Gasteiger partial charge < -0.3 is 4.90 Å². The fourth-order valence-electron chi connectivity index (χ4n) is 2.67. The van der Waals surface area contributed by atoms with E-state index in [1.54, 1.807) is 23.1 Å². The molecule has 0 radical (unpaired) electrons. The van der Waals surface area contributed by atoms with Gasteiger partial charge in [0.25, 0.3) is 0 Å². The van der Waals surface area contributed by atoms with E-state index in [1.165, 1.54) is 4.31 Å². The highest BCUT2D eigenvalue weighted by atomic mass is 79.9. The van der Waals surface area contributed by atoms with Gasteiger partial charge in [0, 0.05) is 17.6 Å². The second-order valence-corrected chi connectivity index (χ2v) is 8.57. The van der Waals surface area contributed by atoms with E-state index in [0.717, 1.165) is 19.1 Å². The monoisotopic (exact) mass is 388 g/mol. The van der Waals surface area contributed by atoms with E-state index in [0.29, 0.717) is 29.2 Å². The molecule has 1 aromatic carbocycles. The SMILES string of the molecule is C[C@H]1CCCN(C(=O)CN(c2ccccc2Br)S(C)(=O)=O)C1. The van der Waals surface area contributed by atoms with E-state index >= 15 is 0 Å². The second-order valence-electron chi connectivity index (χ2n) is 5.81. The van der Waals surface area contributed by atoms with E-state index in [-0.39, 0.29) is 12.5 Å². The van der Waals surface area contributed by atoms with Crippen LogP contribution in [0.3, 0.4) is 0 Å². The lowest BCUT2D eigenvalue weighted by Gasteiger charge is -2.33. The number of amides is 1. The normalized spacial score (nSPS) is 19.0. The van der Waals surface area contributed by atoms with Gasteiger partial charge in [0.1, 0.15) is 6.54 Å². The molecule has 1 fully saturated rings. The molecule has 1 aliphatic rings. The van der Waals surface area contributed by atoms with E-state index in [9.17, 15) is 13.2 Å². The van der Waals surface area contributed by atoms with Crippen molar-refractivity contribution in [3.63, 3.8) is 0 Å². The average Bonchev–Trinajstić information content (AvgIpc) is 2.44. The summed E-state index contributed by atoms with van der Waals surface area (Å²) in [7, 11) is -3.53. The number of carbonyl (C=O) groups excluding carboxylic acids is 1. The maximum absolute atomic E-state index is 12.5. The third-order valence-electron chi connectivity index (χ3n) is 3.81. The Morgan fingerprint density at radius 1 is 1.41 bits per heavy atom. The molecular formula is C15H21BrN2O3S. The van der Waals surface area contributed by atoms with Crippen LogP contribution in [0.1, 0.15) is 19.8 Å². The van der Waals surface area contributed by atoms with Gasteiger partial charge in [-0.1, -0.05) is 19.1 Å². The molecule has 0 aliphatic carbocycles. The molecule has 0 aromatic heterocycles. The van der Waals surface area contributed by atoms with Crippen molar-refractivity contribution in [3.8, 4) is 0 Å². The first-order valence-electron chi connectivity index (χ1n) is 7.29. The molecule has 0 N–H and O–H groups in total. The summed E-state index contributed by atoms with van der Waals surface area (Å²) in [6.07, 6.45) is 3.21. The number of para-hydroxylation sites is 1. The van der Waals surface area contributed by atoms with Crippen LogP contribution >= 0.6 is 15.9 Å². The summed E-state index contributed by atoms with van der Waals surface area (Å²) in [5.41, 5.74) is 0.489. The number of carbonyl (C=O) groups is 1. The maximum atomic E-state index is 12.5. The highest BCUT2D eigenvalue weighted by Crippen LogP contribution is 2.28. The number of piperidine rings is 1. The minimum atomic E-state index is -3.53. The van der Waals surface area contributed by atoms with E-state index in [4.69, 9.17) is 0 Å². The molecule has 0 unspecified atom stereocenters. The number of benzene rings is 1. The molecule has 2 rings (SSSR count). The second kappa shape index (κ2) is 7.00. The lowest BCUT2D eigenvalue weighted by Crippen LogP contribution is -2.46. The van der Waals surface area contributed by atoms with Gasteiger partial charge in [0.05, 0.1) is 11.9 Å². The molecular weight excluding hydrogens is 368 g/mol. The minimum absolute atomic E-state index is 0.146. The van der Waals surface area contributed by atoms with Gasteiger partial charge in [-0.2, -0.15) is 0 Å². The van der Waals surface area contributed by atoms with E-state index < -0.39 is 10.0 Å². The van der Waals surface area contributed by atoms with Crippen LogP contribution in [0, 0.1) is 5.92 Å². The maximum Gasteiger partial charge on any atom is 0.243 e. The Morgan fingerprint density at radius 3 is 2.68 bits per heavy atom. The Kier molecular flexibility index (Phi) is 5.50. The number of nitrogens with zero attached hydrogens (tertiary/aromatic N) is 2. The molecule has 122 valence electrons. The molecule has 7 heteroatoms. The number of likely N-dealkylation sites (tertiary alicyclic amines) is 1. The molecule has 1 saturated heterocycles. The standard InChI is InChI=1S/C15H21BrN2O3S/c1-12-6-5-9-17(10-12)15(19)11-18(22(2,20)21)14-8-4-3-7-13(14)16/h3-4,7-8,12H,5-6,9-11H2,1-2H3/t12-/m0/s1. The van der Waals surface area contributed by atoms with Gasteiger partial charge in [-0.05, 0) is 46.8 Å². The molecule has 5 nitrogen and oxygen atoms in total. The third-order valence-corrected chi connectivity index (χ3v) is 5.61. The van der Waals surface area contributed by atoms with Gasteiger partial charge >= 0.3 is 0 Å². The number of sulfonamides is 1. The number of anilines is 1. The smallest absolute Gasteiger partial charge is 0.243 e. The van der Waals surface area contributed by atoms with E-state index in [2.05, 4.69) is 22.9 Å². The summed E-state index contributed by atoms with van der Waals surface area (Å²) < 4.78 is 26.0. The Hall–Kier alpha value is -1.08. The summed E-state index contributed by atoms with van der Waals surface area (Å²) in [6.45, 7) is 3.36. The minimum Gasteiger partial charge on any atom is -0.341 e. The van der Waals surface area contributed by atoms with E-state index in [1.807, 2.05) is 6.07 Å². The van der Waals surface area contributed by atoms with Crippen LogP contribution in [0.5, 0.6) is 0 Å². The van der Waals surface area contributed by atoms with Crippen LogP contribution in [0.2, 0.25) is 0 Å². The lowest BCUT2D eigenvalue weighted by molar-refractivity contribution is -0.131. The summed E-state index contributed by atoms with van der Waals surface area (Å²) in [5, 5.41) is 0. The predicted octanol–water partition coefficient (Wildman–Crippen LogP) is 2.47. The Morgan fingerprint density at radius 2 is 2.09 bits per heavy atom. The zero-order valence-electron chi connectivity index (χ0n) is 12.8. The van der Waals surface area contributed by atoms with Crippen molar-refractivity contribution in [1.29, 1.82) is 0 Å². The molecule has 1 aliphatic heterocycles. The molecule has 1 atom stereocenters. The van der Waals surface area contributed by atoms with Crippen molar-refractivity contribution < 1.29 is 13.2 Å². The van der Waals surface area contributed by atoms with Crippen molar-refractivity contribution in [1.82, 2.24) is 4.90 Å². The molecule has 22 heavy (non-hydrogen) atoms. The van der Waals surface area contributed by atoms with Crippen LogP contribution in [0.25, 0.3) is 0 Å². The van der Waals surface area contributed by atoms with Crippen molar-refractivity contribution in [2.45, 2.75) is 19.8 Å². The molecule has 0 saturated carbocycles. The van der Waals surface area contributed by atoms with Crippen molar-refractivity contribution in [3.05, 3.63) is 28.7 Å². The summed E-state index contributed by atoms with van der Waals surface area (Å²) in [6, 6.07) is 7.02. The van der Waals surface area contributed by atoms with Gasteiger partial charge in [0.2, 0.25) is 15.9 Å². The first-order chi connectivity index (χ1) is 10.3. The zero-order valence-corrected chi connectivity index (χ0v) is 15.2. The van der Waals surface area contributed by atoms with Crippen molar-refractivity contribution in [2.75, 3.05) is 30.2 Å². The predicted molar refractivity (Wildman–Crippen MR) is 91.3 cm³/mol. The fraction of sp³-hybridized carbons (Fsp3) is 0.533. The molecule has 0 bridgehead atoms. The lowest BCUT2D eigenvalue weighted by atomic mass is 10.0. The van der Waals surface area contributed by atoms with Crippen molar-refractivity contribution in [2.24, 2.45) is 5.92 Å². The Labute approximate surface area is 140 Å². The van der Waals surface area contributed by atoms with Gasteiger partial charge in [0.15, 0.2) is 0 Å². The van der Waals surface area contributed by atoms with Crippen molar-refractivity contribution >= 4 is 37.5 Å². The molecule has 1 aromatic rings. The highest BCUT2D eigenvalue weighted by Gasteiger charge is 2.27. The first-order valence-corrected chi connectivity index (χ1v) is 9.93. The number of halogens is 1. The number of rotatable bonds is 4. The summed E-state index contributed by atoms with van der Waals surface area (Å²) in [5.74, 6) is 0.320. The third kappa shape index (κ3) is 4.23. The van der Waals surface area contributed by atoms with Crippen LogP contribution in [-0.4, -0.2) is 45.1 Å². The van der Waals surface area contributed by atoms with Gasteiger partial charge in [-0.15, -0.1) is 0 Å². The number of hydrogen-bond donors (Lipinski definition) is 0. The zero-order chi connectivity index (χ0) is 16.3. The quantitative estimate of drug-likeness (QED) is 0.795. The largest absolute Gasteiger partial charge is 0.341 e.